The normalized spacial score (nSPS) is 15.1. The number of amides is 1. The van der Waals surface area contributed by atoms with E-state index in [4.69, 9.17) is 9.47 Å². The number of hydrogen-bond acceptors (Lipinski definition) is 7. The van der Waals surface area contributed by atoms with Crippen molar-refractivity contribution < 1.29 is 23.0 Å². The minimum absolute atomic E-state index is 0.0371. The predicted molar refractivity (Wildman–Crippen MR) is 145 cm³/mol. The van der Waals surface area contributed by atoms with Crippen LogP contribution in [0.2, 0.25) is 0 Å². The molecule has 0 radical (unpaired) electrons. The van der Waals surface area contributed by atoms with Gasteiger partial charge in [-0.25, -0.2) is 23.2 Å². The molecule has 4 heterocycles. The zero-order valence-corrected chi connectivity index (χ0v) is 23.6. The van der Waals surface area contributed by atoms with Crippen LogP contribution in [0.5, 0.6) is 5.88 Å². The molecule has 1 aliphatic rings. The van der Waals surface area contributed by atoms with E-state index in [1.807, 2.05) is 32.4 Å². The number of imidazole rings is 1. The summed E-state index contributed by atoms with van der Waals surface area (Å²) in [7, 11) is 0. The van der Waals surface area contributed by atoms with Crippen molar-refractivity contribution in [2.75, 3.05) is 13.1 Å². The van der Waals surface area contributed by atoms with Crippen molar-refractivity contribution in [1.29, 1.82) is 5.26 Å². The Morgan fingerprint density at radius 3 is 2.49 bits per heavy atom. The van der Waals surface area contributed by atoms with Gasteiger partial charge in [0.2, 0.25) is 5.88 Å². The number of aromatic nitrogens is 5. The summed E-state index contributed by atoms with van der Waals surface area (Å²) in [6.07, 6.45) is 1.45. The maximum absolute atomic E-state index is 14.5. The van der Waals surface area contributed by atoms with E-state index in [2.05, 4.69) is 21.4 Å². The van der Waals surface area contributed by atoms with Crippen molar-refractivity contribution >= 4 is 11.7 Å². The topological polar surface area (TPSA) is 111 Å². The van der Waals surface area contributed by atoms with Crippen LogP contribution in [0.15, 0.2) is 36.5 Å². The SMILES string of the molecule is Cc1c(-c2cc(O[C@H](C)c3c(F)cccc3F)n3c(C#N)cnc3c2)nnn1C1CCN(C(=O)OC(C)(C)C)CC1. The van der Waals surface area contributed by atoms with Gasteiger partial charge in [-0.3, -0.25) is 4.40 Å². The standard InChI is InChI=1S/C29H31F2N7O3/c1-17-27(34-35-38(17)20-9-11-36(12-10-20)28(39)41-29(3,4)5)19-13-24-33-16-21(15-32)37(24)25(14-19)40-18(2)26-22(30)7-6-8-23(26)31/h6-8,13-14,16,18,20H,9-12H2,1-5H3/t18-/m1/s1. The van der Waals surface area contributed by atoms with Crippen LogP contribution >= 0.6 is 0 Å². The number of hydrogen-bond donors (Lipinski definition) is 0. The Hall–Kier alpha value is -4.53. The van der Waals surface area contributed by atoms with Crippen molar-refractivity contribution in [3.8, 4) is 23.2 Å². The molecule has 0 spiro atoms. The molecule has 10 nitrogen and oxygen atoms in total. The highest BCUT2D eigenvalue weighted by Crippen LogP contribution is 2.33. The number of nitriles is 1. The highest BCUT2D eigenvalue weighted by Gasteiger charge is 2.29. The Bertz CT molecular complexity index is 1620. The molecule has 0 unspecified atom stereocenters. The second-order valence-electron chi connectivity index (χ2n) is 11.1. The number of piperidine rings is 1. The molecule has 1 saturated heterocycles. The molecule has 3 aromatic heterocycles. The average molecular weight is 564 g/mol. The number of nitrogens with zero attached hydrogens (tertiary/aromatic N) is 7. The molecule has 214 valence electrons. The van der Waals surface area contributed by atoms with E-state index in [0.29, 0.717) is 42.8 Å². The molecule has 1 atom stereocenters. The van der Waals surface area contributed by atoms with Crippen LogP contribution < -0.4 is 4.74 Å². The van der Waals surface area contributed by atoms with E-state index in [-0.39, 0.29) is 29.3 Å². The van der Waals surface area contributed by atoms with Gasteiger partial charge in [0.25, 0.3) is 0 Å². The smallest absolute Gasteiger partial charge is 0.410 e. The molecule has 41 heavy (non-hydrogen) atoms. The van der Waals surface area contributed by atoms with E-state index in [1.165, 1.54) is 35.7 Å². The Balaban J connectivity index is 1.43. The highest BCUT2D eigenvalue weighted by molar-refractivity contribution is 5.69. The quantitative estimate of drug-likeness (QED) is 0.303. The number of ether oxygens (including phenoxy) is 2. The molecule has 5 rings (SSSR count). The summed E-state index contributed by atoms with van der Waals surface area (Å²) in [5.74, 6) is -1.28. The fourth-order valence-corrected chi connectivity index (χ4v) is 5.09. The van der Waals surface area contributed by atoms with Crippen molar-refractivity contribution in [1.82, 2.24) is 29.3 Å². The molecule has 1 aromatic carbocycles. The van der Waals surface area contributed by atoms with Crippen LogP contribution in [0.4, 0.5) is 13.6 Å². The molecular weight excluding hydrogens is 532 g/mol. The van der Waals surface area contributed by atoms with E-state index in [1.54, 1.807) is 17.0 Å². The first kappa shape index (κ1) is 28.0. The number of carbonyl (C=O) groups is 1. The summed E-state index contributed by atoms with van der Waals surface area (Å²) in [6, 6.07) is 9.16. The summed E-state index contributed by atoms with van der Waals surface area (Å²) in [6.45, 7) is 10.0. The highest BCUT2D eigenvalue weighted by atomic mass is 19.1. The van der Waals surface area contributed by atoms with E-state index >= 15 is 0 Å². The summed E-state index contributed by atoms with van der Waals surface area (Å²) < 4.78 is 43.9. The lowest BCUT2D eigenvalue weighted by atomic mass is 10.0. The third-order valence-electron chi connectivity index (χ3n) is 7.05. The molecular formula is C29H31F2N7O3. The molecule has 12 heteroatoms. The number of benzene rings is 1. The van der Waals surface area contributed by atoms with Crippen LogP contribution in [0.25, 0.3) is 16.9 Å². The molecule has 0 aliphatic carbocycles. The Morgan fingerprint density at radius 2 is 1.85 bits per heavy atom. The molecule has 0 N–H and O–H groups in total. The van der Waals surface area contributed by atoms with Crippen molar-refractivity contribution in [2.24, 2.45) is 0 Å². The second-order valence-corrected chi connectivity index (χ2v) is 11.1. The summed E-state index contributed by atoms with van der Waals surface area (Å²) in [4.78, 5) is 18.5. The van der Waals surface area contributed by atoms with Crippen molar-refractivity contribution in [3.05, 3.63) is 65.1 Å². The fourth-order valence-electron chi connectivity index (χ4n) is 5.09. The monoisotopic (exact) mass is 563 g/mol. The zero-order valence-electron chi connectivity index (χ0n) is 23.6. The van der Waals surface area contributed by atoms with Crippen molar-refractivity contribution in [2.45, 2.75) is 65.2 Å². The van der Waals surface area contributed by atoms with E-state index in [9.17, 15) is 18.8 Å². The lowest BCUT2D eigenvalue weighted by Crippen LogP contribution is -2.42. The predicted octanol–water partition coefficient (Wildman–Crippen LogP) is 5.76. The number of carbonyl (C=O) groups excluding carboxylic acids is 1. The first-order valence-electron chi connectivity index (χ1n) is 13.4. The van der Waals surface area contributed by atoms with Gasteiger partial charge in [0.15, 0.2) is 0 Å². The second kappa shape index (κ2) is 10.8. The van der Waals surface area contributed by atoms with Crippen LogP contribution in [0.3, 0.4) is 0 Å². The number of rotatable bonds is 5. The van der Waals surface area contributed by atoms with Gasteiger partial charge in [-0.05, 0) is 65.7 Å². The molecule has 1 fully saturated rings. The van der Waals surface area contributed by atoms with E-state index < -0.39 is 23.3 Å². The first-order chi connectivity index (χ1) is 19.5. The Morgan fingerprint density at radius 1 is 1.17 bits per heavy atom. The molecule has 0 bridgehead atoms. The Kier molecular flexibility index (Phi) is 7.38. The zero-order chi connectivity index (χ0) is 29.5. The molecule has 4 aromatic rings. The van der Waals surface area contributed by atoms with Gasteiger partial charge in [0, 0.05) is 24.7 Å². The fraction of sp³-hybridized carbons (Fsp3) is 0.414. The summed E-state index contributed by atoms with van der Waals surface area (Å²) in [5, 5.41) is 18.5. The summed E-state index contributed by atoms with van der Waals surface area (Å²) in [5.41, 5.74) is 1.85. The minimum Gasteiger partial charge on any atom is -0.470 e. The lowest BCUT2D eigenvalue weighted by molar-refractivity contribution is 0.0183. The summed E-state index contributed by atoms with van der Waals surface area (Å²) >= 11 is 0. The van der Waals surface area contributed by atoms with Gasteiger partial charge < -0.3 is 14.4 Å². The van der Waals surface area contributed by atoms with Crippen LogP contribution in [-0.4, -0.2) is 54.1 Å². The molecule has 0 saturated carbocycles. The van der Waals surface area contributed by atoms with Gasteiger partial charge in [0.05, 0.1) is 23.5 Å². The first-order valence-corrected chi connectivity index (χ1v) is 13.4. The van der Waals surface area contributed by atoms with Gasteiger partial charge in [0.1, 0.15) is 46.4 Å². The minimum atomic E-state index is -1.00. The lowest BCUT2D eigenvalue weighted by Gasteiger charge is -2.33. The number of fused-ring (bicyclic) bond motifs is 1. The van der Waals surface area contributed by atoms with E-state index in [0.717, 1.165) is 5.69 Å². The Labute approximate surface area is 236 Å². The number of halogens is 2. The van der Waals surface area contributed by atoms with Crippen LogP contribution in [-0.2, 0) is 4.74 Å². The van der Waals surface area contributed by atoms with Crippen LogP contribution in [0, 0.1) is 29.9 Å². The van der Waals surface area contributed by atoms with Gasteiger partial charge in [-0.1, -0.05) is 11.3 Å². The number of pyridine rings is 1. The van der Waals surface area contributed by atoms with Gasteiger partial charge >= 0.3 is 6.09 Å². The molecule has 1 amide bonds. The van der Waals surface area contributed by atoms with Crippen LogP contribution in [0.1, 0.15) is 69.6 Å². The third-order valence-corrected chi connectivity index (χ3v) is 7.05. The van der Waals surface area contributed by atoms with Gasteiger partial charge in [-0.2, -0.15) is 5.26 Å². The van der Waals surface area contributed by atoms with Crippen molar-refractivity contribution in [3.63, 3.8) is 0 Å². The largest absolute Gasteiger partial charge is 0.470 e. The maximum Gasteiger partial charge on any atom is 0.410 e. The maximum atomic E-state index is 14.5. The average Bonchev–Trinajstić information content (AvgIpc) is 3.51. The van der Waals surface area contributed by atoms with Gasteiger partial charge in [-0.15, -0.1) is 5.10 Å². The molecule has 1 aliphatic heterocycles. The third kappa shape index (κ3) is 5.57. The number of likely N-dealkylation sites (tertiary alicyclic amines) is 1.